The number of benzene rings is 1. The number of rotatable bonds is 7. The molecule has 0 radical (unpaired) electrons. The van der Waals surface area contributed by atoms with Crippen LogP contribution in [0.15, 0.2) is 23.2 Å². The Hall–Kier alpha value is -2.68. The van der Waals surface area contributed by atoms with Crippen molar-refractivity contribution in [3.05, 3.63) is 29.6 Å². The molecule has 4 unspecified atom stereocenters. The number of fused-ring (bicyclic) bond motifs is 1. The van der Waals surface area contributed by atoms with E-state index in [2.05, 4.69) is 10.3 Å². The molecule has 3 N–H and O–H groups in total. The standard InChI is InChI=1S/C25H35FN4O4/c1-24(2)13-20(31)30(23(27)29-24)18(9-10-33-5)14-11-15(14)22(32)28-17-12-25(3,4)34-19-8-6-7-16(26)21(17)19/h6-8,14-15,17-18H,9-13H2,1-5H3,(H2,27,29)(H,28,32). The number of ether oxygens (including phenoxy) is 2. The second-order valence-corrected chi connectivity index (χ2v) is 10.9. The van der Waals surface area contributed by atoms with E-state index in [1.54, 1.807) is 24.1 Å². The van der Waals surface area contributed by atoms with Crippen LogP contribution < -0.4 is 15.8 Å². The van der Waals surface area contributed by atoms with Gasteiger partial charge in [0.05, 0.1) is 23.6 Å². The molecule has 2 aliphatic heterocycles. The first-order valence-corrected chi connectivity index (χ1v) is 11.9. The molecule has 34 heavy (non-hydrogen) atoms. The summed E-state index contributed by atoms with van der Waals surface area (Å²) in [5, 5.41) is 3.06. The van der Waals surface area contributed by atoms with Crippen molar-refractivity contribution in [2.75, 3.05) is 13.7 Å². The van der Waals surface area contributed by atoms with Crippen LogP contribution in [0, 0.1) is 17.7 Å². The molecule has 1 aromatic rings. The molecule has 2 amide bonds. The largest absolute Gasteiger partial charge is 0.487 e. The molecule has 0 aromatic heterocycles. The van der Waals surface area contributed by atoms with Gasteiger partial charge in [-0.1, -0.05) is 6.07 Å². The Morgan fingerprint density at radius 2 is 2.12 bits per heavy atom. The van der Waals surface area contributed by atoms with Gasteiger partial charge in [-0.25, -0.2) is 9.38 Å². The van der Waals surface area contributed by atoms with Crippen LogP contribution in [0.25, 0.3) is 0 Å². The quantitative estimate of drug-likeness (QED) is 0.632. The molecule has 1 aliphatic carbocycles. The smallest absolute Gasteiger partial charge is 0.231 e. The number of halogens is 1. The van der Waals surface area contributed by atoms with Crippen molar-refractivity contribution >= 4 is 17.8 Å². The summed E-state index contributed by atoms with van der Waals surface area (Å²) in [5.74, 6) is -0.348. The highest BCUT2D eigenvalue weighted by atomic mass is 19.1. The van der Waals surface area contributed by atoms with E-state index in [1.165, 1.54) is 6.07 Å². The number of guanidine groups is 1. The number of methoxy groups -OCH3 is 1. The third-order valence-corrected chi connectivity index (χ3v) is 6.90. The lowest BCUT2D eigenvalue weighted by molar-refractivity contribution is -0.132. The second-order valence-electron chi connectivity index (χ2n) is 10.9. The van der Waals surface area contributed by atoms with Crippen LogP contribution in [0.2, 0.25) is 0 Å². The fraction of sp³-hybridized carbons (Fsp3) is 0.640. The van der Waals surface area contributed by atoms with Gasteiger partial charge in [0.1, 0.15) is 17.2 Å². The van der Waals surface area contributed by atoms with Crippen molar-refractivity contribution in [1.29, 1.82) is 0 Å². The maximum atomic E-state index is 14.7. The molecule has 0 spiro atoms. The Kier molecular flexibility index (Phi) is 6.35. The lowest BCUT2D eigenvalue weighted by Gasteiger charge is -2.38. The van der Waals surface area contributed by atoms with Crippen LogP contribution in [-0.2, 0) is 14.3 Å². The molecule has 4 atom stereocenters. The highest BCUT2D eigenvalue weighted by Crippen LogP contribution is 2.47. The summed E-state index contributed by atoms with van der Waals surface area (Å²) >= 11 is 0. The van der Waals surface area contributed by atoms with Gasteiger partial charge in [0.25, 0.3) is 0 Å². The minimum atomic E-state index is -0.545. The first-order valence-electron chi connectivity index (χ1n) is 11.9. The first-order chi connectivity index (χ1) is 15.9. The predicted molar refractivity (Wildman–Crippen MR) is 126 cm³/mol. The zero-order chi connectivity index (χ0) is 24.8. The fourth-order valence-electron chi connectivity index (χ4n) is 5.34. The molecular formula is C25H35FN4O4. The van der Waals surface area contributed by atoms with Gasteiger partial charge in [0.15, 0.2) is 5.96 Å². The van der Waals surface area contributed by atoms with E-state index in [4.69, 9.17) is 15.2 Å². The number of aliphatic imine (C=N–C) groups is 1. The predicted octanol–water partition coefficient (Wildman–Crippen LogP) is 2.91. The van der Waals surface area contributed by atoms with Gasteiger partial charge in [0.2, 0.25) is 11.8 Å². The summed E-state index contributed by atoms with van der Waals surface area (Å²) in [6, 6.07) is 3.94. The van der Waals surface area contributed by atoms with Gasteiger partial charge in [0, 0.05) is 32.1 Å². The maximum Gasteiger partial charge on any atom is 0.231 e. The van der Waals surface area contributed by atoms with E-state index >= 15 is 0 Å². The number of hydrogen-bond acceptors (Lipinski definition) is 6. The Labute approximate surface area is 200 Å². The van der Waals surface area contributed by atoms with Crippen molar-refractivity contribution in [3.8, 4) is 5.75 Å². The van der Waals surface area contributed by atoms with Crippen LogP contribution in [0.4, 0.5) is 4.39 Å². The van der Waals surface area contributed by atoms with E-state index in [-0.39, 0.29) is 42.1 Å². The summed E-state index contributed by atoms with van der Waals surface area (Å²) in [7, 11) is 1.60. The Morgan fingerprint density at radius 1 is 1.38 bits per heavy atom. The maximum absolute atomic E-state index is 14.7. The van der Waals surface area contributed by atoms with Crippen molar-refractivity contribution < 1.29 is 23.5 Å². The van der Waals surface area contributed by atoms with Gasteiger partial charge in [-0.3, -0.25) is 14.5 Å². The van der Waals surface area contributed by atoms with Crippen LogP contribution in [-0.4, -0.2) is 53.6 Å². The van der Waals surface area contributed by atoms with Crippen LogP contribution >= 0.6 is 0 Å². The topological polar surface area (TPSA) is 106 Å². The summed E-state index contributed by atoms with van der Waals surface area (Å²) in [6.45, 7) is 8.03. The summed E-state index contributed by atoms with van der Waals surface area (Å²) in [6.07, 6.45) is 1.89. The zero-order valence-corrected chi connectivity index (χ0v) is 20.6. The normalized spacial score (nSPS) is 27.8. The molecule has 0 bridgehead atoms. The average molecular weight is 475 g/mol. The van der Waals surface area contributed by atoms with Crippen LogP contribution in [0.5, 0.6) is 5.75 Å². The van der Waals surface area contributed by atoms with Crippen LogP contribution in [0.3, 0.4) is 0 Å². The molecule has 8 nitrogen and oxygen atoms in total. The van der Waals surface area contributed by atoms with Crippen molar-refractivity contribution in [3.63, 3.8) is 0 Å². The minimum absolute atomic E-state index is 0.0676. The number of amides is 2. The Bertz CT molecular complexity index is 1010. The summed E-state index contributed by atoms with van der Waals surface area (Å²) in [5.41, 5.74) is 5.51. The molecule has 3 aliphatic rings. The Balaban J connectivity index is 1.51. The third-order valence-electron chi connectivity index (χ3n) is 6.90. The zero-order valence-electron chi connectivity index (χ0n) is 20.6. The molecule has 4 rings (SSSR count). The van der Waals surface area contributed by atoms with Gasteiger partial charge in [-0.05, 0) is 58.6 Å². The number of nitrogens with one attached hydrogen (secondary N) is 1. The summed E-state index contributed by atoms with van der Waals surface area (Å²) < 4.78 is 25.9. The van der Waals surface area contributed by atoms with Gasteiger partial charge >= 0.3 is 0 Å². The highest BCUT2D eigenvalue weighted by molar-refractivity contribution is 5.99. The molecule has 0 saturated heterocycles. The van der Waals surface area contributed by atoms with Crippen LogP contribution in [0.1, 0.15) is 65.0 Å². The van der Waals surface area contributed by atoms with E-state index in [0.717, 1.165) is 0 Å². The fourth-order valence-corrected chi connectivity index (χ4v) is 5.34. The summed E-state index contributed by atoms with van der Waals surface area (Å²) in [4.78, 5) is 32.3. The van der Waals surface area contributed by atoms with E-state index in [0.29, 0.717) is 37.2 Å². The van der Waals surface area contributed by atoms with Gasteiger partial charge in [-0.2, -0.15) is 0 Å². The van der Waals surface area contributed by atoms with Crippen molar-refractivity contribution in [2.45, 2.75) is 76.6 Å². The molecule has 2 heterocycles. The van der Waals surface area contributed by atoms with E-state index < -0.39 is 23.0 Å². The van der Waals surface area contributed by atoms with Gasteiger partial charge in [-0.15, -0.1) is 0 Å². The molecule has 186 valence electrons. The molecular weight excluding hydrogens is 439 g/mol. The monoisotopic (exact) mass is 474 g/mol. The number of carbonyl (C=O) groups excluding carboxylic acids is 2. The number of carbonyl (C=O) groups is 2. The van der Waals surface area contributed by atoms with Crippen molar-refractivity contribution in [2.24, 2.45) is 22.6 Å². The molecule has 1 saturated carbocycles. The second kappa shape index (κ2) is 8.83. The first kappa shape index (κ1) is 24.4. The highest BCUT2D eigenvalue weighted by Gasteiger charge is 2.52. The molecule has 1 aromatic carbocycles. The Morgan fingerprint density at radius 3 is 2.79 bits per heavy atom. The van der Waals surface area contributed by atoms with Gasteiger partial charge < -0.3 is 20.5 Å². The lowest BCUT2D eigenvalue weighted by atomic mass is 9.89. The lowest BCUT2D eigenvalue weighted by Crippen LogP contribution is -2.55. The number of hydrogen-bond donors (Lipinski definition) is 2. The molecule has 9 heteroatoms. The number of nitrogens with two attached hydrogens (primary N) is 1. The SMILES string of the molecule is COCCC(C1CC1C(=O)NC1CC(C)(C)Oc2cccc(F)c21)N1C(=O)CC(C)(C)N=C1N. The molecule has 1 fully saturated rings. The third kappa shape index (κ3) is 4.89. The van der Waals surface area contributed by atoms with Crippen molar-refractivity contribution in [1.82, 2.24) is 10.2 Å². The van der Waals surface area contributed by atoms with E-state index in [9.17, 15) is 14.0 Å². The minimum Gasteiger partial charge on any atom is -0.487 e. The van der Waals surface area contributed by atoms with E-state index in [1.807, 2.05) is 27.7 Å². The number of nitrogens with zero attached hydrogens (tertiary/aromatic N) is 2. The average Bonchev–Trinajstić information content (AvgIpc) is 3.48.